The molecule has 1 aromatic carbocycles. The number of esters is 1. The molecule has 0 unspecified atom stereocenters. The van der Waals surface area contributed by atoms with E-state index in [1.54, 1.807) is 13.8 Å². The zero-order chi connectivity index (χ0) is 10.7. The lowest BCUT2D eigenvalue weighted by atomic mass is 10.2. The second kappa shape index (κ2) is 4.33. The molecule has 76 valence electrons. The topological polar surface area (TPSA) is 46.5 Å². The van der Waals surface area contributed by atoms with E-state index >= 15 is 0 Å². The summed E-state index contributed by atoms with van der Waals surface area (Å²) in [7, 11) is 0. The summed E-state index contributed by atoms with van der Waals surface area (Å²) >= 11 is 5.59. The van der Waals surface area contributed by atoms with Gasteiger partial charge in [-0.3, -0.25) is 0 Å². The number of halogens is 1. The maximum atomic E-state index is 11.3. The van der Waals surface area contributed by atoms with Gasteiger partial charge in [0.1, 0.15) is 5.75 Å². The summed E-state index contributed by atoms with van der Waals surface area (Å²) in [6.45, 7) is 3.52. The first-order valence-corrected chi connectivity index (χ1v) is 4.58. The first kappa shape index (κ1) is 10.9. The highest BCUT2D eigenvalue weighted by Gasteiger charge is 2.10. The molecular formula is C10H11ClO3. The monoisotopic (exact) mass is 214 g/mol. The van der Waals surface area contributed by atoms with Gasteiger partial charge < -0.3 is 9.84 Å². The van der Waals surface area contributed by atoms with Crippen molar-refractivity contribution in [3.05, 3.63) is 28.8 Å². The molecule has 1 rings (SSSR count). The van der Waals surface area contributed by atoms with Crippen LogP contribution in [0.25, 0.3) is 0 Å². The van der Waals surface area contributed by atoms with Gasteiger partial charge in [-0.15, -0.1) is 0 Å². The van der Waals surface area contributed by atoms with Gasteiger partial charge in [-0.05, 0) is 32.0 Å². The average Bonchev–Trinajstić information content (AvgIpc) is 2.08. The highest BCUT2D eigenvalue weighted by Crippen LogP contribution is 2.24. The molecule has 0 aliphatic carbocycles. The highest BCUT2D eigenvalue weighted by molar-refractivity contribution is 6.32. The minimum absolute atomic E-state index is 0.120. The third-order valence-electron chi connectivity index (χ3n) is 1.52. The van der Waals surface area contributed by atoms with E-state index < -0.39 is 5.97 Å². The first-order valence-electron chi connectivity index (χ1n) is 4.20. The molecule has 0 saturated carbocycles. The second-order valence-electron chi connectivity index (χ2n) is 3.12. The van der Waals surface area contributed by atoms with Crippen molar-refractivity contribution in [2.75, 3.05) is 0 Å². The van der Waals surface area contributed by atoms with E-state index in [1.165, 1.54) is 18.2 Å². The normalized spacial score (nSPS) is 10.3. The van der Waals surface area contributed by atoms with Crippen LogP contribution in [0.3, 0.4) is 0 Å². The van der Waals surface area contributed by atoms with Crippen molar-refractivity contribution in [3.8, 4) is 5.75 Å². The molecule has 0 spiro atoms. The fraction of sp³-hybridized carbons (Fsp3) is 0.300. The molecule has 1 aromatic rings. The van der Waals surface area contributed by atoms with Crippen molar-refractivity contribution in [1.29, 1.82) is 0 Å². The SMILES string of the molecule is CC(C)OC(=O)c1ccc(Cl)c(O)c1. The largest absolute Gasteiger partial charge is 0.506 e. The lowest BCUT2D eigenvalue weighted by Gasteiger charge is -2.08. The van der Waals surface area contributed by atoms with Crippen molar-refractivity contribution in [2.24, 2.45) is 0 Å². The smallest absolute Gasteiger partial charge is 0.338 e. The van der Waals surface area contributed by atoms with E-state index in [2.05, 4.69) is 0 Å². The molecule has 0 atom stereocenters. The van der Waals surface area contributed by atoms with Gasteiger partial charge in [-0.25, -0.2) is 4.79 Å². The molecule has 0 aliphatic rings. The third kappa shape index (κ3) is 2.64. The number of ether oxygens (including phenoxy) is 1. The van der Waals surface area contributed by atoms with Crippen LogP contribution in [0, 0.1) is 0 Å². The van der Waals surface area contributed by atoms with Gasteiger partial charge in [-0.2, -0.15) is 0 Å². The molecule has 4 heteroatoms. The molecule has 0 saturated heterocycles. The maximum Gasteiger partial charge on any atom is 0.338 e. The summed E-state index contributed by atoms with van der Waals surface area (Å²) in [6.07, 6.45) is -0.180. The summed E-state index contributed by atoms with van der Waals surface area (Å²) in [6, 6.07) is 4.24. The number of benzene rings is 1. The van der Waals surface area contributed by atoms with Crippen LogP contribution in [-0.4, -0.2) is 17.2 Å². The number of phenols is 1. The van der Waals surface area contributed by atoms with Crippen LogP contribution in [0.2, 0.25) is 5.02 Å². The van der Waals surface area contributed by atoms with Gasteiger partial charge in [0.15, 0.2) is 0 Å². The van der Waals surface area contributed by atoms with Gasteiger partial charge in [0.25, 0.3) is 0 Å². The van der Waals surface area contributed by atoms with Crippen molar-refractivity contribution >= 4 is 17.6 Å². The predicted molar refractivity (Wildman–Crippen MR) is 53.7 cm³/mol. The molecule has 0 aromatic heterocycles. The molecule has 0 fully saturated rings. The Balaban J connectivity index is 2.86. The molecule has 0 heterocycles. The minimum Gasteiger partial charge on any atom is -0.506 e. The molecule has 1 N–H and O–H groups in total. The predicted octanol–water partition coefficient (Wildman–Crippen LogP) is 2.61. The fourth-order valence-electron chi connectivity index (χ4n) is 0.922. The van der Waals surface area contributed by atoms with E-state index in [0.29, 0.717) is 5.56 Å². The Bertz CT molecular complexity index is 347. The number of carbonyl (C=O) groups is 1. The van der Waals surface area contributed by atoms with Crippen LogP contribution in [0.5, 0.6) is 5.75 Å². The summed E-state index contributed by atoms with van der Waals surface area (Å²) in [5, 5.41) is 9.46. The van der Waals surface area contributed by atoms with Crippen LogP contribution in [-0.2, 0) is 4.74 Å². The summed E-state index contributed by atoms with van der Waals surface area (Å²) in [5.41, 5.74) is 0.292. The van der Waals surface area contributed by atoms with Gasteiger partial charge in [0.2, 0.25) is 0 Å². The standard InChI is InChI=1S/C10H11ClO3/c1-6(2)14-10(13)7-3-4-8(11)9(12)5-7/h3-6,12H,1-2H3. The first-order chi connectivity index (χ1) is 6.50. The van der Waals surface area contributed by atoms with Gasteiger partial charge in [0.05, 0.1) is 16.7 Å². The quantitative estimate of drug-likeness (QED) is 0.770. The fourth-order valence-corrected chi connectivity index (χ4v) is 1.04. The number of hydrogen-bond donors (Lipinski definition) is 1. The molecule has 0 bridgehead atoms. The second-order valence-corrected chi connectivity index (χ2v) is 3.53. The van der Waals surface area contributed by atoms with Crippen molar-refractivity contribution < 1.29 is 14.6 Å². The highest BCUT2D eigenvalue weighted by atomic mass is 35.5. The van der Waals surface area contributed by atoms with E-state index in [9.17, 15) is 9.90 Å². The number of hydrogen-bond acceptors (Lipinski definition) is 3. The Morgan fingerprint density at radius 2 is 2.14 bits per heavy atom. The van der Waals surface area contributed by atoms with Crippen molar-refractivity contribution in [1.82, 2.24) is 0 Å². The lowest BCUT2D eigenvalue weighted by molar-refractivity contribution is 0.0377. The lowest BCUT2D eigenvalue weighted by Crippen LogP contribution is -2.11. The maximum absolute atomic E-state index is 11.3. The van der Waals surface area contributed by atoms with Crippen LogP contribution < -0.4 is 0 Å². The zero-order valence-corrected chi connectivity index (χ0v) is 8.71. The third-order valence-corrected chi connectivity index (χ3v) is 1.84. The molecule has 0 amide bonds. The van der Waals surface area contributed by atoms with Crippen LogP contribution in [0.15, 0.2) is 18.2 Å². The average molecular weight is 215 g/mol. The van der Waals surface area contributed by atoms with E-state index in [-0.39, 0.29) is 16.9 Å². The number of carbonyl (C=O) groups excluding carboxylic acids is 1. The Morgan fingerprint density at radius 3 is 2.64 bits per heavy atom. The number of aromatic hydroxyl groups is 1. The van der Waals surface area contributed by atoms with E-state index in [0.717, 1.165) is 0 Å². The molecular weight excluding hydrogens is 204 g/mol. The molecule has 0 aliphatic heterocycles. The summed E-state index contributed by atoms with van der Waals surface area (Å²) in [5.74, 6) is -0.586. The Morgan fingerprint density at radius 1 is 1.50 bits per heavy atom. The van der Waals surface area contributed by atoms with Crippen LogP contribution in [0.4, 0.5) is 0 Å². The Kier molecular flexibility index (Phi) is 3.36. The van der Waals surface area contributed by atoms with Gasteiger partial charge in [-0.1, -0.05) is 11.6 Å². The molecule has 14 heavy (non-hydrogen) atoms. The molecule has 0 radical (unpaired) electrons. The van der Waals surface area contributed by atoms with Crippen LogP contribution >= 0.6 is 11.6 Å². The van der Waals surface area contributed by atoms with Crippen molar-refractivity contribution in [3.63, 3.8) is 0 Å². The summed E-state index contributed by atoms with van der Waals surface area (Å²) in [4.78, 5) is 11.3. The van der Waals surface area contributed by atoms with Crippen molar-refractivity contribution in [2.45, 2.75) is 20.0 Å². The number of phenolic OH excluding ortho intramolecular Hbond substituents is 1. The summed E-state index contributed by atoms with van der Waals surface area (Å²) < 4.78 is 4.94. The van der Waals surface area contributed by atoms with Gasteiger partial charge >= 0.3 is 5.97 Å². The van der Waals surface area contributed by atoms with Crippen LogP contribution in [0.1, 0.15) is 24.2 Å². The zero-order valence-electron chi connectivity index (χ0n) is 7.95. The Labute approximate surface area is 87.3 Å². The number of rotatable bonds is 2. The molecule has 3 nitrogen and oxygen atoms in total. The van der Waals surface area contributed by atoms with Gasteiger partial charge in [0, 0.05) is 0 Å². The van der Waals surface area contributed by atoms with E-state index in [4.69, 9.17) is 16.3 Å². The Hall–Kier alpha value is -1.22. The van der Waals surface area contributed by atoms with E-state index in [1.807, 2.05) is 0 Å². The minimum atomic E-state index is -0.466.